The molecule has 25 heavy (non-hydrogen) atoms. The molecular weight excluding hydrogens is 326 g/mol. The number of carbonyl (C=O) groups excluding carboxylic acids is 3. The molecule has 2 aliphatic heterocycles. The first-order valence-corrected chi connectivity index (χ1v) is 8.13. The van der Waals surface area contributed by atoms with E-state index in [1.807, 2.05) is 30.3 Å². The normalized spacial score (nSPS) is 20.0. The first-order chi connectivity index (χ1) is 12.0. The average molecular weight is 345 g/mol. The highest BCUT2D eigenvalue weighted by Gasteiger charge is 2.48. The predicted molar refractivity (Wildman–Crippen MR) is 86.3 cm³/mol. The zero-order valence-electron chi connectivity index (χ0n) is 13.6. The molecule has 0 radical (unpaired) electrons. The summed E-state index contributed by atoms with van der Waals surface area (Å²) in [4.78, 5) is 52.0. The van der Waals surface area contributed by atoms with Gasteiger partial charge >= 0.3 is 12.0 Å². The van der Waals surface area contributed by atoms with Gasteiger partial charge in [-0.15, -0.1) is 0 Å². The Bertz CT molecular complexity index is 705. The fourth-order valence-corrected chi connectivity index (χ4v) is 3.16. The summed E-state index contributed by atoms with van der Waals surface area (Å²) in [6.07, 6.45) is -0.339. The molecule has 3 rings (SSSR count). The highest BCUT2D eigenvalue weighted by Crippen LogP contribution is 2.24. The number of imide groups is 1. The number of amides is 4. The molecule has 8 heteroatoms. The van der Waals surface area contributed by atoms with Gasteiger partial charge in [-0.3, -0.25) is 19.3 Å². The quantitative estimate of drug-likeness (QED) is 0.785. The molecule has 1 aromatic rings. The maximum atomic E-state index is 12.6. The second-order valence-corrected chi connectivity index (χ2v) is 6.14. The first kappa shape index (κ1) is 16.9. The van der Waals surface area contributed by atoms with Crippen molar-refractivity contribution in [3.05, 3.63) is 35.9 Å². The highest BCUT2D eigenvalue weighted by molar-refractivity contribution is 6.04. The molecular formula is C17H19N3O5. The Morgan fingerprint density at radius 1 is 1.08 bits per heavy atom. The lowest BCUT2D eigenvalue weighted by atomic mass is 10.1. The Balaban J connectivity index is 1.66. The lowest BCUT2D eigenvalue weighted by Crippen LogP contribution is -2.54. The Kier molecular flexibility index (Phi) is 4.69. The highest BCUT2D eigenvalue weighted by atomic mass is 16.4. The minimum absolute atomic E-state index is 0.0993. The number of piperazine rings is 1. The predicted octanol–water partition coefficient (Wildman–Crippen LogP) is 0.526. The number of aliphatic carboxylic acids is 1. The summed E-state index contributed by atoms with van der Waals surface area (Å²) < 4.78 is 0. The smallest absolute Gasteiger partial charge is 0.327 e. The van der Waals surface area contributed by atoms with Crippen molar-refractivity contribution >= 4 is 23.8 Å². The Morgan fingerprint density at radius 2 is 1.80 bits per heavy atom. The topological polar surface area (TPSA) is 98.2 Å². The average Bonchev–Trinajstić information content (AvgIpc) is 2.85. The molecule has 0 saturated carbocycles. The van der Waals surface area contributed by atoms with Crippen LogP contribution < -0.4 is 0 Å². The number of rotatable bonds is 5. The molecule has 0 aromatic heterocycles. The molecule has 0 spiro atoms. The minimum atomic E-state index is -1.03. The van der Waals surface area contributed by atoms with E-state index < -0.39 is 12.0 Å². The van der Waals surface area contributed by atoms with Gasteiger partial charge in [-0.1, -0.05) is 30.3 Å². The number of benzene rings is 1. The summed E-state index contributed by atoms with van der Waals surface area (Å²) in [5.41, 5.74) is 0.860. The number of nitrogens with zero attached hydrogens (tertiary/aromatic N) is 3. The van der Waals surface area contributed by atoms with Crippen molar-refractivity contribution in [1.82, 2.24) is 14.7 Å². The molecule has 2 saturated heterocycles. The standard InChI is InChI=1S/C17H19N3O5/c21-14(6-7-15(22)23)18-8-9-19-13(11-18)16(24)20(17(19)25)10-12-4-2-1-3-5-12/h1-5,13H,6-11H2,(H,22,23). The number of urea groups is 1. The molecule has 0 aliphatic carbocycles. The van der Waals surface area contributed by atoms with Crippen LogP contribution in [0.5, 0.6) is 0 Å². The Labute approximate surface area is 144 Å². The van der Waals surface area contributed by atoms with Gasteiger partial charge in [0.15, 0.2) is 0 Å². The maximum absolute atomic E-state index is 12.6. The van der Waals surface area contributed by atoms with Crippen molar-refractivity contribution in [2.75, 3.05) is 19.6 Å². The van der Waals surface area contributed by atoms with E-state index in [2.05, 4.69) is 0 Å². The van der Waals surface area contributed by atoms with Crippen LogP contribution in [-0.2, 0) is 20.9 Å². The number of carboxylic acid groups (broad SMARTS) is 1. The van der Waals surface area contributed by atoms with Crippen LogP contribution in [0.1, 0.15) is 18.4 Å². The number of carbonyl (C=O) groups is 4. The van der Waals surface area contributed by atoms with Crippen molar-refractivity contribution in [1.29, 1.82) is 0 Å². The molecule has 2 aliphatic rings. The molecule has 8 nitrogen and oxygen atoms in total. The molecule has 1 atom stereocenters. The van der Waals surface area contributed by atoms with Crippen molar-refractivity contribution in [2.45, 2.75) is 25.4 Å². The summed E-state index contributed by atoms with van der Waals surface area (Å²) in [6, 6.07) is 8.23. The third-order valence-corrected chi connectivity index (χ3v) is 4.50. The third kappa shape index (κ3) is 3.47. The number of hydrogen-bond acceptors (Lipinski definition) is 4. The summed E-state index contributed by atoms with van der Waals surface area (Å²) in [5.74, 6) is -1.65. The van der Waals surface area contributed by atoms with E-state index in [0.29, 0.717) is 6.54 Å². The molecule has 1 aromatic carbocycles. The zero-order valence-corrected chi connectivity index (χ0v) is 13.6. The monoisotopic (exact) mass is 345 g/mol. The molecule has 1 N–H and O–H groups in total. The van der Waals surface area contributed by atoms with Crippen molar-refractivity contribution in [3.8, 4) is 0 Å². The van der Waals surface area contributed by atoms with E-state index in [1.165, 1.54) is 14.7 Å². The van der Waals surface area contributed by atoms with Crippen LogP contribution in [0.25, 0.3) is 0 Å². The Hall–Kier alpha value is -2.90. The van der Waals surface area contributed by atoms with Gasteiger partial charge in [0, 0.05) is 19.5 Å². The molecule has 1 unspecified atom stereocenters. The molecule has 0 bridgehead atoms. The molecule has 4 amide bonds. The van der Waals surface area contributed by atoms with E-state index in [0.717, 1.165) is 5.56 Å². The zero-order chi connectivity index (χ0) is 18.0. The van der Waals surface area contributed by atoms with E-state index in [1.54, 1.807) is 0 Å². The van der Waals surface area contributed by atoms with Gasteiger partial charge in [0.1, 0.15) is 6.04 Å². The van der Waals surface area contributed by atoms with Crippen LogP contribution in [0.15, 0.2) is 30.3 Å². The first-order valence-electron chi connectivity index (χ1n) is 8.13. The summed E-state index contributed by atoms with van der Waals surface area (Å²) >= 11 is 0. The lowest BCUT2D eigenvalue weighted by Gasteiger charge is -2.35. The second-order valence-electron chi connectivity index (χ2n) is 6.14. The molecule has 132 valence electrons. The minimum Gasteiger partial charge on any atom is -0.481 e. The van der Waals surface area contributed by atoms with Crippen molar-refractivity contribution < 1.29 is 24.3 Å². The largest absolute Gasteiger partial charge is 0.481 e. The number of carboxylic acids is 1. The maximum Gasteiger partial charge on any atom is 0.327 e. The number of hydrogen-bond donors (Lipinski definition) is 1. The SMILES string of the molecule is O=C(O)CCC(=O)N1CCN2C(=O)N(Cc3ccccc3)C(=O)C2C1. The fraction of sp³-hybridized carbons (Fsp3) is 0.412. The Morgan fingerprint density at radius 3 is 2.48 bits per heavy atom. The van der Waals surface area contributed by atoms with Crippen molar-refractivity contribution in [3.63, 3.8) is 0 Å². The summed E-state index contributed by atoms with van der Waals surface area (Å²) in [6.45, 7) is 0.916. The fourth-order valence-electron chi connectivity index (χ4n) is 3.16. The van der Waals surface area contributed by atoms with Gasteiger partial charge in [0.05, 0.1) is 19.5 Å². The van der Waals surface area contributed by atoms with E-state index >= 15 is 0 Å². The van der Waals surface area contributed by atoms with Gasteiger partial charge in [-0.2, -0.15) is 0 Å². The van der Waals surface area contributed by atoms with Crippen LogP contribution in [0.3, 0.4) is 0 Å². The van der Waals surface area contributed by atoms with Gasteiger partial charge in [-0.05, 0) is 5.56 Å². The van der Waals surface area contributed by atoms with Gasteiger partial charge in [-0.25, -0.2) is 4.79 Å². The van der Waals surface area contributed by atoms with Gasteiger partial charge < -0.3 is 14.9 Å². The van der Waals surface area contributed by atoms with Crippen molar-refractivity contribution in [2.24, 2.45) is 0 Å². The van der Waals surface area contributed by atoms with E-state index in [4.69, 9.17) is 5.11 Å². The van der Waals surface area contributed by atoms with Crippen LogP contribution >= 0.6 is 0 Å². The molecule has 2 fully saturated rings. The third-order valence-electron chi connectivity index (χ3n) is 4.50. The van der Waals surface area contributed by atoms with Crippen LogP contribution in [0, 0.1) is 0 Å². The number of fused-ring (bicyclic) bond motifs is 1. The lowest BCUT2D eigenvalue weighted by molar-refractivity contribution is -0.142. The summed E-state index contributed by atoms with van der Waals surface area (Å²) in [5, 5.41) is 8.68. The van der Waals surface area contributed by atoms with Gasteiger partial charge in [0.2, 0.25) is 5.91 Å². The second kappa shape index (κ2) is 6.92. The van der Waals surface area contributed by atoms with E-state index in [-0.39, 0.29) is 50.3 Å². The summed E-state index contributed by atoms with van der Waals surface area (Å²) in [7, 11) is 0. The van der Waals surface area contributed by atoms with Crippen LogP contribution in [-0.4, -0.2) is 69.3 Å². The van der Waals surface area contributed by atoms with Crippen LogP contribution in [0.4, 0.5) is 4.79 Å². The molecule has 2 heterocycles. The van der Waals surface area contributed by atoms with E-state index in [9.17, 15) is 19.2 Å². The van der Waals surface area contributed by atoms with Gasteiger partial charge in [0.25, 0.3) is 5.91 Å². The van der Waals surface area contributed by atoms with Crippen LogP contribution in [0.2, 0.25) is 0 Å².